The SMILES string of the molecule is CCCN=C(NCC)N1CC(C)OC(c2ccc(F)cc2)C1. The lowest BCUT2D eigenvalue weighted by atomic mass is 10.1. The van der Waals surface area contributed by atoms with Crippen LogP contribution in [-0.4, -0.2) is 43.1 Å². The minimum absolute atomic E-state index is 0.0603. The fraction of sp³-hybridized carbons (Fsp3) is 0.588. The number of halogens is 1. The molecule has 1 aliphatic heterocycles. The molecular weight excluding hydrogens is 281 g/mol. The van der Waals surface area contributed by atoms with E-state index in [0.717, 1.165) is 44.1 Å². The van der Waals surface area contributed by atoms with Crippen LogP contribution in [0.15, 0.2) is 29.3 Å². The lowest BCUT2D eigenvalue weighted by molar-refractivity contribution is -0.0605. The van der Waals surface area contributed by atoms with Crippen molar-refractivity contribution in [1.29, 1.82) is 0 Å². The average Bonchev–Trinajstić information content (AvgIpc) is 2.51. The summed E-state index contributed by atoms with van der Waals surface area (Å²) in [7, 11) is 0. The van der Waals surface area contributed by atoms with E-state index < -0.39 is 0 Å². The molecule has 1 N–H and O–H groups in total. The summed E-state index contributed by atoms with van der Waals surface area (Å²) in [5, 5.41) is 3.35. The second-order valence-electron chi connectivity index (χ2n) is 5.63. The van der Waals surface area contributed by atoms with Crippen LogP contribution in [0.2, 0.25) is 0 Å². The van der Waals surface area contributed by atoms with Crippen LogP contribution in [0.1, 0.15) is 38.9 Å². The first kappa shape index (κ1) is 16.7. The minimum Gasteiger partial charge on any atom is -0.367 e. The lowest BCUT2D eigenvalue weighted by Gasteiger charge is -2.38. The number of aliphatic imine (C=N–C) groups is 1. The van der Waals surface area contributed by atoms with Crippen molar-refractivity contribution < 1.29 is 9.13 Å². The number of ether oxygens (including phenoxy) is 1. The van der Waals surface area contributed by atoms with Gasteiger partial charge in [0.25, 0.3) is 0 Å². The highest BCUT2D eigenvalue weighted by atomic mass is 19.1. The lowest BCUT2D eigenvalue weighted by Crippen LogP contribution is -2.50. The Bertz CT molecular complexity index is 489. The molecule has 1 saturated heterocycles. The molecule has 5 heteroatoms. The molecule has 4 nitrogen and oxygen atoms in total. The van der Waals surface area contributed by atoms with Gasteiger partial charge >= 0.3 is 0 Å². The Hall–Kier alpha value is -1.62. The second-order valence-corrected chi connectivity index (χ2v) is 5.63. The monoisotopic (exact) mass is 307 g/mol. The van der Waals surface area contributed by atoms with Crippen molar-refractivity contribution in [2.45, 2.75) is 39.4 Å². The summed E-state index contributed by atoms with van der Waals surface area (Å²) in [4.78, 5) is 6.89. The number of nitrogens with zero attached hydrogens (tertiary/aromatic N) is 2. The smallest absolute Gasteiger partial charge is 0.194 e. The Labute approximate surface area is 132 Å². The minimum atomic E-state index is -0.220. The average molecular weight is 307 g/mol. The maximum absolute atomic E-state index is 13.1. The van der Waals surface area contributed by atoms with Gasteiger partial charge in [0.15, 0.2) is 5.96 Å². The van der Waals surface area contributed by atoms with Crippen molar-refractivity contribution in [1.82, 2.24) is 10.2 Å². The van der Waals surface area contributed by atoms with Gasteiger partial charge in [-0.2, -0.15) is 0 Å². The molecule has 1 aliphatic rings. The van der Waals surface area contributed by atoms with Gasteiger partial charge in [0.1, 0.15) is 11.9 Å². The maximum atomic E-state index is 13.1. The quantitative estimate of drug-likeness (QED) is 0.686. The van der Waals surface area contributed by atoms with E-state index in [-0.39, 0.29) is 18.0 Å². The Balaban J connectivity index is 2.13. The van der Waals surface area contributed by atoms with Crippen molar-refractivity contribution in [3.63, 3.8) is 0 Å². The van der Waals surface area contributed by atoms with Gasteiger partial charge in [0.05, 0.1) is 12.6 Å². The molecule has 1 heterocycles. The van der Waals surface area contributed by atoms with Crippen LogP contribution in [-0.2, 0) is 4.74 Å². The number of hydrogen-bond acceptors (Lipinski definition) is 2. The van der Waals surface area contributed by atoms with Gasteiger partial charge in [-0.1, -0.05) is 19.1 Å². The Morgan fingerprint density at radius 1 is 1.32 bits per heavy atom. The number of guanidine groups is 1. The summed E-state index contributed by atoms with van der Waals surface area (Å²) in [6.45, 7) is 9.45. The molecule has 0 saturated carbocycles. The van der Waals surface area contributed by atoms with E-state index >= 15 is 0 Å². The fourth-order valence-corrected chi connectivity index (χ4v) is 2.63. The topological polar surface area (TPSA) is 36.9 Å². The summed E-state index contributed by atoms with van der Waals surface area (Å²) in [5.41, 5.74) is 1.00. The van der Waals surface area contributed by atoms with E-state index in [9.17, 15) is 4.39 Å². The van der Waals surface area contributed by atoms with E-state index in [1.165, 1.54) is 12.1 Å². The van der Waals surface area contributed by atoms with Gasteiger partial charge in [-0.25, -0.2) is 4.39 Å². The zero-order valence-corrected chi connectivity index (χ0v) is 13.7. The Morgan fingerprint density at radius 2 is 2.05 bits per heavy atom. The first-order chi connectivity index (χ1) is 10.6. The van der Waals surface area contributed by atoms with Gasteiger partial charge in [-0.05, 0) is 38.0 Å². The van der Waals surface area contributed by atoms with E-state index in [1.54, 1.807) is 12.1 Å². The predicted molar refractivity (Wildman–Crippen MR) is 87.5 cm³/mol. The van der Waals surface area contributed by atoms with Crippen LogP contribution in [0.4, 0.5) is 4.39 Å². The highest BCUT2D eigenvalue weighted by Crippen LogP contribution is 2.25. The third-order valence-corrected chi connectivity index (χ3v) is 3.62. The van der Waals surface area contributed by atoms with Gasteiger partial charge in [0.2, 0.25) is 0 Å². The molecule has 0 aromatic heterocycles. The van der Waals surface area contributed by atoms with E-state index in [2.05, 4.69) is 36.0 Å². The molecule has 122 valence electrons. The first-order valence-corrected chi connectivity index (χ1v) is 8.08. The molecule has 22 heavy (non-hydrogen) atoms. The zero-order valence-electron chi connectivity index (χ0n) is 13.7. The van der Waals surface area contributed by atoms with Gasteiger partial charge in [0, 0.05) is 19.6 Å². The molecule has 1 fully saturated rings. The third kappa shape index (κ3) is 4.44. The number of benzene rings is 1. The standard InChI is InChI=1S/C17H26FN3O/c1-4-10-20-17(19-5-2)21-11-13(3)22-16(12-21)14-6-8-15(18)9-7-14/h6-9,13,16H,4-5,10-12H2,1-3H3,(H,19,20). The van der Waals surface area contributed by atoms with Crippen LogP contribution in [0.25, 0.3) is 0 Å². The number of morpholine rings is 1. The molecule has 0 radical (unpaired) electrons. The summed E-state index contributed by atoms with van der Waals surface area (Å²) in [5.74, 6) is 0.717. The summed E-state index contributed by atoms with van der Waals surface area (Å²) >= 11 is 0. The number of hydrogen-bond donors (Lipinski definition) is 1. The molecule has 1 aromatic carbocycles. The van der Waals surface area contributed by atoms with Crippen molar-refractivity contribution in [3.05, 3.63) is 35.6 Å². The number of nitrogens with one attached hydrogen (secondary N) is 1. The number of rotatable bonds is 4. The molecular formula is C17H26FN3O. The molecule has 2 rings (SSSR count). The molecule has 0 aliphatic carbocycles. The molecule has 0 bridgehead atoms. The van der Waals surface area contributed by atoms with Gasteiger partial charge in [-0.15, -0.1) is 0 Å². The summed E-state index contributed by atoms with van der Waals surface area (Å²) < 4.78 is 19.1. The molecule has 0 amide bonds. The molecule has 1 aromatic rings. The molecule has 2 unspecified atom stereocenters. The summed E-state index contributed by atoms with van der Waals surface area (Å²) in [6.07, 6.45) is 1.07. The first-order valence-electron chi connectivity index (χ1n) is 8.08. The second kappa shape index (κ2) is 8.13. The maximum Gasteiger partial charge on any atom is 0.194 e. The van der Waals surface area contributed by atoms with Crippen molar-refractivity contribution >= 4 is 5.96 Å². The predicted octanol–water partition coefficient (Wildman–Crippen LogP) is 2.96. The van der Waals surface area contributed by atoms with Crippen molar-refractivity contribution in [2.75, 3.05) is 26.2 Å². The normalized spacial score (nSPS) is 22.7. The highest BCUT2D eigenvalue weighted by molar-refractivity contribution is 5.80. The van der Waals surface area contributed by atoms with Crippen LogP contribution in [0.3, 0.4) is 0 Å². The van der Waals surface area contributed by atoms with Crippen molar-refractivity contribution in [2.24, 2.45) is 4.99 Å². The van der Waals surface area contributed by atoms with Gasteiger partial charge < -0.3 is 15.0 Å². The third-order valence-electron chi connectivity index (χ3n) is 3.62. The fourth-order valence-electron chi connectivity index (χ4n) is 2.63. The van der Waals surface area contributed by atoms with Gasteiger partial charge in [-0.3, -0.25) is 4.99 Å². The van der Waals surface area contributed by atoms with E-state index in [4.69, 9.17) is 4.74 Å². The van der Waals surface area contributed by atoms with Crippen LogP contribution in [0, 0.1) is 5.82 Å². The van der Waals surface area contributed by atoms with Crippen LogP contribution < -0.4 is 5.32 Å². The van der Waals surface area contributed by atoms with E-state index in [0.29, 0.717) is 0 Å². The van der Waals surface area contributed by atoms with Crippen molar-refractivity contribution in [3.8, 4) is 0 Å². The summed E-state index contributed by atoms with van der Waals surface area (Å²) in [6, 6.07) is 6.57. The van der Waals surface area contributed by atoms with E-state index in [1.807, 2.05) is 0 Å². The highest BCUT2D eigenvalue weighted by Gasteiger charge is 2.28. The molecule has 2 atom stereocenters. The van der Waals surface area contributed by atoms with Crippen LogP contribution >= 0.6 is 0 Å². The Morgan fingerprint density at radius 3 is 2.68 bits per heavy atom. The Kier molecular flexibility index (Phi) is 6.19. The van der Waals surface area contributed by atoms with Crippen LogP contribution in [0.5, 0.6) is 0 Å². The largest absolute Gasteiger partial charge is 0.367 e. The zero-order chi connectivity index (χ0) is 15.9. The molecule has 0 spiro atoms.